The number of hydrogen-bond donors (Lipinski definition) is 1. The number of piperidine rings is 1. The van der Waals surface area contributed by atoms with Crippen LogP contribution in [0, 0.1) is 12.8 Å². The van der Waals surface area contributed by atoms with E-state index in [1.807, 2.05) is 31.3 Å². The summed E-state index contributed by atoms with van der Waals surface area (Å²) in [4.78, 5) is 18.0. The van der Waals surface area contributed by atoms with Crippen LogP contribution in [-0.2, 0) is 4.79 Å². The Balaban J connectivity index is 2.10. The van der Waals surface area contributed by atoms with Crippen molar-refractivity contribution in [1.29, 1.82) is 0 Å². The lowest BCUT2D eigenvalue weighted by Crippen LogP contribution is -2.41. The average Bonchev–Trinajstić information content (AvgIpc) is 2.64. The van der Waals surface area contributed by atoms with Gasteiger partial charge in [-0.05, 0) is 61.7 Å². The number of likely N-dealkylation sites (tertiary alicyclic amines) is 1. The second kappa shape index (κ2) is 8.06. The van der Waals surface area contributed by atoms with Crippen LogP contribution in [0.4, 0.5) is 0 Å². The third-order valence-corrected chi connectivity index (χ3v) is 5.25. The number of hydrogen-bond acceptors (Lipinski definition) is 4. The summed E-state index contributed by atoms with van der Waals surface area (Å²) in [5, 5.41) is 10.1. The van der Waals surface area contributed by atoms with Gasteiger partial charge < -0.3 is 9.84 Å². The molecule has 5 nitrogen and oxygen atoms in total. The van der Waals surface area contributed by atoms with Crippen molar-refractivity contribution in [3.05, 3.63) is 58.4 Å². The van der Waals surface area contributed by atoms with Gasteiger partial charge in [0.15, 0.2) is 0 Å². The maximum Gasteiger partial charge on any atom is 0.307 e. The van der Waals surface area contributed by atoms with E-state index in [1.165, 1.54) is 0 Å². The molecule has 1 fully saturated rings. The molecular weight excluding hydrogens is 352 g/mol. The fourth-order valence-electron chi connectivity index (χ4n) is 3.71. The maximum absolute atomic E-state index is 11.6. The molecule has 0 spiro atoms. The number of aryl methyl sites for hydroxylation is 1. The Morgan fingerprint density at radius 2 is 2.19 bits per heavy atom. The molecule has 138 valence electrons. The SMILES string of the molecule is COc1ccc(Cl)cc1C(c1ccncc1C)N1CCCC(C(=O)O)C1. The van der Waals surface area contributed by atoms with Gasteiger partial charge in [0, 0.05) is 29.5 Å². The van der Waals surface area contributed by atoms with Crippen LogP contribution in [0.15, 0.2) is 36.7 Å². The van der Waals surface area contributed by atoms with E-state index in [0.29, 0.717) is 18.0 Å². The number of halogens is 1. The zero-order valence-electron chi connectivity index (χ0n) is 15.0. The zero-order chi connectivity index (χ0) is 18.7. The topological polar surface area (TPSA) is 62.7 Å². The fourth-order valence-corrected chi connectivity index (χ4v) is 3.89. The first-order chi connectivity index (χ1) is 12.5. The van der Waals surface area contributed by atoms with Gasteiger partial charge in [-0.25, -0.2) is 0 Å². The van der Waals surface area contributed by atoms with Crippen LogP contribution in [-0.4, -0.2) is 41.2 Å². The molecule has 0 aliphatic carbocycles. The van der Waals surface area contributed by atoms with Crippen LogP contribution in [0.25, 0.3) is 0 Å². The molecule has 2 aromatic rings. The van der Waals surface area contributed by atoms with Crippen molar-refractivity contribution >= 4 is 17.6 Å². The van der Waals surface area contributed by atoms with Crippen LogP contribution in [0.5, 0.6) is 5.75 Å². The van der Waals surface area contributed by atoms with E-state index in [9.17, 15) is 9.90 Å². The highest BCUT2D eigenvalue weighted by Gasteiger charge is 2.33. The van der Waals surface area contributed by atoms with E-state index in [4.69, 9.17) is 16.3 Å². The van der Waals surface area contributed by atoms with Crippen LogP contribution >= 0.6 is 11.6 Å². The van der Waals surface area contributed by atoms with Crippen molar-refractivity contribution in [2.24, 2.45) is 5.92 Å². The molecule has 2 atom stereocenters. The van der Waals surface area contributed by atoms with Crippen molar-refractivity contribution in [1.82, 2.24) is 9.88 Å². The number of carboxylic acid groups (broad SMARTS) is 1. The van der Waals surface area contributed by atoms with E-state index in [2.05, 4.69) is 9.88 Å². The minimum absolute atomic E-state index is 0.131. The highest BCUT2D eigenvalue weighted by Crippen LogP contribution is 2.39. The predicted molar refractivity (Wildman–Crippen MR) is 101 cm³/mol. The van der Waals surface area contributed by atoms with Gasteiger partial charge in [0.05, 0.1) is 19.1 Å². The lowest BCUT2D eigenvalue weighted by molar-refractivity contribution is -0.143. The molecule has 0 amide bonds. The number of methoxy groups -OCH3 is 1. The summed E-state index contributed by atoms with van der Waals surface area (Å²) < 4.78 is 5.59. The first-order valence-electron chi connectivity index (χ1n) is 8.72. The van der Waals surface area contributed by atoms with E-state index >= 15 is 0 Å². The Morgan fingerprint density at radius 1 is 1.38 bits per heavy atom. The molecule has 1 aromatic heterocycles. The molecule has 2 unspecified atom stereocenters. The highest BCUT2D eigenvalue weighted by atomic mass is 35.5. The molecule has 1 aromatic carbocycles. The number of benzene rings is 1. The molecule has 1 saturated heterocycles. The average molecular weight is 375 g/mol. The summed E-state index contributed by atoms with van der Waals surface area (Å²) in [6.07, 6.45) is 5.16. The quantitative estimate of drug-likeness (QED) is 0.858. The molecule has 0 saturated carbocycles. The van der Waals surface area contributed by atoms with Gasteiger partial charge in [0.1, 0.15) is 5.75 Å². The Hall–Kier alpha value is -2.11. The Labute approximate surface area is 158 Å². The van der Waals surface area contributed by atoms with Crippen molar-refractivity contribution in [3.8, 4) is 5.75 Å². The largest absolute Gasteiger partial charge is 0.496 e. The smallest absolute Gasteiger partial charge is 0.307 e. The third-order valence-electron chi connectivity index (χ3n) is 5.01. The van der Waals surface area contributed by atoms with Gasteiger partial charge in [0.2, 0.25) is 0 Å². The first-order valence-corrected chi connectivity index (χ1v) is 9.10. The van der Waals surface area contributed by atoms with Gasteiger partial charge >= 0.3 is 5.97 Å². The molecule has 6 heteroatoms. The normalized spacial score (nSPS) is 19.1. The number of aliphatic carboxylic acids is 1. The molecule has 1 aliphatic heterocycles. The van der Waals surface area contributed by atoms with Gasteiger partial charge in [-0.1, -0.05) is 11.6 Å². The van der Waals surface area contributed by atoms with Gasteiger partial charge in [0.25, 0.3) is 0 Å². The van der Waals surface area contributed by atoms with E-state index < -0.39 is 5.97 Å². The third kappa shape index (κ3) is 3.84. The van der Waals surface area contributed by atoms with E-state index in [1.54, 1.807) is 19.4 Å². The number of carboxylic acids is 1. The van der Waals surface area contributed by atoms with Gasteiger partial charge in [-0.15, -0.1) is 0 Å². The summed E-state index contributed by atoms with van der Waals surface area (Å²) in [6.45, 7) is 3.34. The Morgan fingerprint density at radius 3 is 2.88 bits per heavy atom. The lowest BCUT2D eigenvalue weighted by atomic mass is 9.90. The molecule has 1 N–H and O–H groups in total. The van der Waals surface area contributed by atoms with Crippen molar-refractivity contribution in [3.63, 3.8) is 0 Å². The van der Waals surface area contributed by atoms with Crippen LogP contribution in [0.2, 0.25) is 5.02 Å². The summed E-state index contributed by atoms with van der Waals surface area (Å²) >= 11 is 6.28. The summed E-state index contributed by atoms with van der Waals surface area (Å²) in [5.41, 5.74) is 3.09. The standard InChI is InChI=1S/C20H23ClN2O3/c1-13-11-22-8-7-16(13)19(17-10-15(21)5-6-18(17)26-2)23-9-3-4-14(12-23)20(24)25/h5-8,10-11,14,19H,3-4,9,12H2,1-2H3,(H,24,25). The maximum atomic E-state index is 11.6. The van der Waals surface area contributed by atoms with Crippen LogP contribution in [0.3, 0.4) is 0 Å². The van der Waals surface area contributed by atoms with E-state index in [-0.39, 0.29) is 12.0 Å². The minimum atomic E-state index is -0.738. The Kier molecular flexibility index (Phi) is 5.79. The molecule has 0 radical (unpaired) electrons. The molecule has 0 bridgehead atoms. The predicted octanol–water partition coefficient (Wildman–Crippen LogP) is 3.94. The summed E-state index contributed by atoms with van der Waals surface area (Å²) in [5.74, 6) is -0.357. The van der Waals surface area contributed by atoms with Crippen molar-refractivity contribution < 1.29 is 14.6 Å². The molecule has 1 aliphatic rings. The molecular formula is C20H23ClN2O3. The number of nitrogens with zero attached hydrogens (tertiary/aromatic N) is 2. The Bertz CT molecular complexity index is 796. The summed E-state index contributed by atoms with van der Waals surface area (Å²) in [6, 6.07) is 7.44. The van der Waals surface area contributed by atoms with Crippen LogP contribution < -0.4 is 4.74 Å². The number of aromatic nitrogens is 1. The highest BCUT2D eigenvalue weighted by molar-refractivity contribution is 6.30. The fraction of sp³-hybridized carbons (Fsp3) is 0.400. The van der Waals surface area contributed by atoms with Gasteiger partial charge in [-0.2, -0.15) is 0 Å². The second-order valence-electron chi connectivity index (χ2n) is 6.69. The minimum Gasteiger partial charge on any atom is -0.496 e. The molecule has 3 rings (SSSR count). The number of rotatable bonds is 5. The first kappa shape index (κ1) is 18.7. The van der Waals surface area contributed by atoms with Crippen molar-refractivity contribution in [2.75, 3.05) is 20.2 Å². The second-order valence-corrected chi connectivity index (χ2v) is 7.13. The molecule has 26 heavy (non-hydrogen) atoms. The summed E-state index contributed by atoms with van der Waals surface area (Å²) in [7, 11) is 1.64. The van der Waals surface area contributed by atoms with Crippen molar-refractivity contribution in [2.45, 2.75) is 25.8 Å². The van der Waals surface area contributed by atoms with Gasteiger partial charge in [-0.3, -0.25) is 14.7 Å². The van der Waals surface area contributed by atoms with Crippen LogP contribution in [0.1, 0.15) is 35.6 Å². The number of carbonyl (C=O) groups is 1. The monoisotopic (exact) mass is 374 g/mol. The van der Waals surface area contributed by atoms with E-state index in [0.717, 1.165) is 35.4 Å². The lowest BCUT2D eigenvalue weighted by Gasteiger charge is -2.38. The molecule has 2 heterocycles. The number of ether oxygens (including phenoxy) is 1. The number of pyridine rings is 1. The zero-order valence-corrected chi connectivity index (χ0v) is 15.7.